The fourth-order valence-electron chi connectivity index (χ4n) is 3.64. The van der Waals surface area contributed by atoms with Gasteiger partial charge in [0.2, 0.25) is 0 Å². The number of imidazole rings is 1. The molecule has 0 radical (unpaired) electrons. The summed E-state index contributed by atoms with van der Waals surface area (Å²) < 4.78 is 13.3. The van der Waals surface area contributed by atoms with Crippen molar-refractivity contribution in [3.63, 3.8) is 0 Å². The molecule has 4 rings (SSSR count). The quantitative estimate of drug-likeness (QED) is 0.331. The summed E-state index contributed by atoms with van der Waals surface area (Å²) in [6.45, 7) is 1.76. The molecule has 1 N–H and O–H groups in total. The van der Waals surface area contributed by atoms with Crippen molar-refractivity contribution < 1.29 is 14.3 Å². The molecule has 33 heavy (non-hydrogen) atoms. The number of amides is 1. The number of carbonyl (C=O) groups excluding carboxylic acids is 1. The second-order valence-corrected chi connectivity index (χ2v) is 8.00. The average molecular weight is 464 g/mol. The lowest BCUT2D eigenvalue weighted by atomic mass is 10.2. The molecular weight excluding hydrogens is 438 g/mol. The molecule has 0 aliphatic carbocycles. The molecule has 3 aromatic carbocycles. The van der Waals surface area contributed by atoms with E-state index in [1.165, 1.54) is 0 Å². The van der Waals surface area contributed by atoms with Crippen LogP contribution in [-0.4, -0.2) is 35.7 Å². The Hall–Kier alpha value is -3.51. The highest BCUT2D eigenvalue weighted by molar-refractivity contribution is 6.30. The van der Waals surface area contributed by atoms with E-state index in [9.17, 15) is 4.79 Å². The van der Waals surface area contributed by atoms with Crippen LogP contribution in [0.15, 0.2) is 72.8 Å². The number of benzene rings is 3. The number of methoxy groups -OCH3 is 1. The van der Waals surface area contributed by atoms with E-state index in [4.69, 9.17) is 26.1 Å². The molecule has 4 aromatic rings. The summed E-state index contributed by atoms with van der Waals surface area (Å²) in [5.41, 5.74) is 2.64. The summed E-state index contributed by atoms with van der Waals surface area (Å²) in [7, 11) is 1.64. The van der Waals surface area contributed by atoms with Crippen LogP contribution in [0.1, 0.15) is 22.6 Å². The standard InChI is InChI=1S/C26H26ClN3O3/c1-32-21-12-14-22(15-13-21)33-18-17-30-24-6-3-2-5-23(24)29-25(30)7-4-16-28-26(31)19-8-10-20(27)11-9-19/h2-3,5-6,8-15H,4,7,16-18H2,1H3,(H,28,31). The Morgan fingerprint density at radius 3 is 2.48 bits per heavy atom. The van der Waals surface area contributed by atoms with Gasteiger partial charge in [-0.15, -0.1) is 0 Å². The zero-order valence-corrected chi connectivity index (χ0v) is 19.2. The number of hydrogen-bond acceptors (Lipinski definition) is 4. The van der Waals surface area contributed by atoms with E-state index >= 15 is 0 Å². The minimum atomic E-state index is -0.104. The predicted octanol–water partition coefficient (Wildman–Crippen LogP) is 5.14. The highest BCUT2D eigenvalue weighted by Crippen LogP contribution is 2.19. The number of ether oxygens (including phenoxy) is 2. The summed E-state index contributed by atoms with van der Waals surface area (Å²) in [6.07, 6.45) is 1.53. The Morgan fingerprint density at radius 1 is 1.00 bits per heavy atom. The number of aryl methyl sites for hydroxylation is 1. The molecular formula is C26H26ClN3O3. The Bertz CT molecular complexity index is 1200. The topological polar surface area (TPSA) is 65.4 Å². The molecule has 0 bridgehead atoms. The molecule has 0 atom stereocenters. The van der Waals surface area contributed by atoms with Crippen molar-refractivity contribution in [1.29, 1.82) is 0 Å². The number of aromatic nitrogens is 2. The lowest BCUT2D eigenvalue weighted by Crippen LogP contribution is -2.25. The molecule has 0 unspecified atom stereocenters. The SMILES string of the molecule is COc1ccc(OCCn2c(CCCNC(=O)c3ccc(Cl)cc3)nc3ccccc32)cc1. The number of halogens is 1. The van der Waals surface area contributed by atoms with E-state index < -0.39 is 0 Å². The number of nitrogens with zero attached hydrogens (tertiary/aromatic N) is 2. The van der Waals surface area contributed by atoms with Crippen molar-refractivity contribution >= 4 is 28.5 Å². The molecule has 1 amide bonds. The van der Waals surface area contributed by atoms with Crippen LogP contribution in [0.2, 0.25) is 5.02 Å². The highest BCUT2D eigenvalue weighted by Gasteiger charge is 2.11. The van der Waals surface area contributed by atoms with Crippen molar-refractivity contribution in [2.45, 2.75) is 19.4 Å². The van der Waals surface area contributed by atoms with Crippen LogP contribution in [0, 0.1) is 0 Å². The Kier molecular flexibility index (Phi) is 7.47. The molecule has 6 nitrogen and oxygen atoms in total. The van der Waals surface area contributed by atoms with Crippen molar-refractivity contribution in [3.8, 4) is 11.5 Å². The summed E-state index contributed by atoms with van der Waals surface area (Å²) in [5, 5.41) is 3.57. The average Bonchev–Trinajstić information content (AvgIpc) is 3.20. The van der Waals surface area contributed by atoms with E-state index in [1.54, 1.807) is 31.4 Å². The number of hydrogen-bond donors (Lipinski definition) is 1. The number of rotatable bonds is 10. The van der Waals surface area contributed by atoms with Crippen LogP contribution in [0.3, 0.4) is 0 Å². The third kappa shape index (κ3) is 5.84. The minimum absolute atomic E-state index is 0.104. The normalized spacial score (nSPS) is 10.8. The molecule has 0 aliphatic rings. The predicted molar refractivity (Wildman–Crippen MR) is 130 cm³/mol. The van der Waals surface area contributed by atoms with Crippen molar-refractivity contribution in [2.24, 2.45) is 0 Å². The van der Waals surface area contributed by atoms with Gasteiger partial charge in [0, 0.05) is 23.6 Å². The molecule has 0 saturated heterocycles. The van der Waals surface area contributed by atoms with Crippen LogP contribution in [-0.2, 0) is 13.0 Å². The molecule has 1 heterocycles. The summed E-state index contributed by atoms with van der Waals surface area (Å²) in [4.78, 5) is 17.1. The van der Waals surface area contributed by atoms with Gasteiger partial charge in [-0.25, -0.2) is 4.98 Å². The summed E-state index contributed by atoms with van der Waals surface area (Å²) in [5.74, 6) is 2.48. The molecule has 0 fully saturated rings. The van der Waals surface area contributed by atoms with Crippen LogP contribution in [0.25, 0.3) is 11.0 Å². The maximum Gasteiger partial charge on any atom is 0.251 e. The second kappa shape index (κ2) is 10.9. The van der Waals surface area contributed by atoms with Crippen LogP contribution in [0.5, 0.6) is 11.5 Å². The molecule has 0 spiro atoms. The van der Waals surface area contributed by atoms with Gasteiger partial charge < -0.3 is 19.4 Å². The third-order valence-electron chi connectivity index (χ3n) is 5.35. The zero-order valence-electron chi connectivity index (χ0n) is 18.5. The molecule has 0 saturated carbocycles. The smallest absolute Gasteiger partial charge is 0.251 e. The second-order valence-electron chi connectivity index (χ2n) is 7.56. The van der Waals surface area contributed by atoms with Gasteiger partial charge in [-0.05, 0) is 67.1 Å². The monoisotopic (exact) mass is 463 g/mol. The van der Waals surface area contributed by atoms with E-state index in [-0.39, 0.29) is 5.91 Å². The summed E-state index contributed by atoms with van der Waals surface area (Å²) >= 11 is 5.89. The van der Waals surface area contributed by atoms with Gasteiger partial charge in [0.1, 0.15) is 23.9 Å². The Labute approximate surface area is 198 Å². The van der Waals surface area contributed by atoms with E-state index in [0.717, 1.165) is 41.2 Å². The van der Waals surface area contributed by atoms with Crippen LogP contribution >= 0.6 is 11.6 Å². The number of para-hydroxylation sites is 2. The van der Waals surface area contributed by atoms with E-state index in [0.29, 0.717) is 30.3 Å². The lowest BCUT2D eigenvalue weighted by molar-refractivity contribution is 0.0953. The van der Waals surface area contributed by atoms with E-state index in [2.05, 4.69) is 16.0 Å². The molecule has 0 aliphatic heterocycles. The minimum Gasteiger partial charge on any atom is -0.497 e. The van der Waals surface area contributed by atoms with Gasteiger partial charge in [-0.3, -0.25) is 4.79 Å². The Morgan fingerprint density at radius 2 is 1.73 bits per heavy atom. The summed E-state index contributed by atoms with van der Waals surface area (Å²) in [6, 6.07) is 22.5. The fraction of sp³-hybridized carbons (Fsp3) is 0.231. The zero-order chi connectivity index (χ0) is 23.0. The highest BCUT2D eigenvalue weighted by atomic mass is 35.5. The van der Waals surface area contributed by atoms with Crippen LogP contribution < -0.4 is 14.8 Å². The first-order valence-corrected chi connectivity index (χ1v) is 11.3. The maximum atomic E-state index is 12.3. The molecule has 170 valence electrons. The molecule has 7 heteroatoms. The number of nitrogens with one attached hydrogen (secondary N) is 1. The van der Waals surface area contributed by atoms with Crippen LogP contribution in [0.4, 0.5) is 0 Å². The van der Waals surface area contributed by atoms with Crippen molar-refractivity contribution in [2.75, 3.05) is 20.3 Å². The van der Waals surface area contributed by atoms with Gasteiger partial charge in [0.15, 0.2) is 0 Å². The maximum absolute atomic E-state index is 12.3. The molecule has 1 aromatic heterocycles. The number of carbonyl (C=O) groups is 1. The fourth-order valence-corrected chi connectivity index (χ4v) is 3.77. The van der Waals surface area contributed by atoms with Crippen molar-refractivity contribution in [3.05, 3.63) is 89.2 Å². The van der Waals surface area contributed by atoms with Gasteiger partial charge in [-0.1, -0.05) is 23.7 Å². The third-order valence-corrected chi connectivity index (χ3v) is 5.60. The van der Waals surface area contributed by atoms with Gasteiger partial charge >= 0.3 is 0 Å². The van der Waals surface area contributed by atoms with Gasteiger partial charge in [-0.2, -0.15) is 0 Å². The van der Waals surface area contributed by atoms with Gasteiger partial charge in [0.25, 0.3) is 5.91 Å². The Balaban J connectivity index is 1.35. The lowest BCUT2D eigenvalue weighted by Gasteiger charge is -2.11. The first-order valence-electron chi connectivity index (χ1n) is 10.9. The van der Waals surface area contributed by atoms with Crippen molar-refractivity contribution in [1.82, 2.24) is 14.9 Å². The first-order chi connectivity index (χ1) is 16.1. The number of fused-ring (bicyclic) bond motifs is 1. The van der Waals surface area contributed by atoms with E-state index in [1.807, 2.05) is 42.5 Å². The first kappa shape index (κ1) is 22.7. The largest absolute Gasteiger partial charge is 0.497 e. The van der Waals surface area contributed by atoms with Gasteiger partial charge in [0.05, 0.1) is 24.7 Å².